The number of nitrogens with one attached hydrogen (secondary N) is 1. The van der Waals surface area contributed by atoms with Crippen LogP contribution in [-0.4, -0.2) is 84.0 Å². The molecule has 3 fully saturated rings. The number of sulfone groups is 1. The summed E-state index contributed by atoms with van der Waals surface area (Å²) in [6, 6.07) is 22.5. The molecule has 7 rings (SSSR count). The number of quaternary nitrogens is 1. The molecule has 222 valence electrons. The predicted octanol–water partition coefficient (Wildman–Crippen LogP) is 3.83. The van der Waals surface area contributed by atoms with Crippen molar-refractivity contribution in [1.82, 2.24) is 4.90 Å². The molecule has 0 saturated carbocycles. The van der Waals surface area contributed by atoms with Crippen molar-refractivity contribution in [3.05, 3.63) is 89.0 Å². The zero-order chi connectivity index (χ0) is 29.5. The van der Waals surface area contributed by atoms with Gasteiger partial charge in [-0.15, -0.1) is 0 Å². The molecular weight excluding hydrogens is 545 g/mol. The standard InChI is InChI=1S/C33H43BN3O4S/c1-33(2)23-42(38,39)30-13-10-27(35-3)20-29(30)31(32(33)41-34)26-8-11-28(12-9-26)40-22-25-6-4-24(5-7-25)21-37-17-14-36(15-18-37)16-19-37/h4-13,20,31-32,35H,14-19,21-23,34H2,1-3H3/q+1/t31-,32-/m1/s1. The molecule has 4 aliphatic rings. The minimum absolute atomic E-state index is 0.0273. The largest absolute Gasteiger partial charge is 0.489 e. The molecule has 0 aromatic heterocycles. The summed E-state index contributed by atoms with van der Waals surface area (Å²) < 4.78 is 40.4. The maximum Gasteiger partial charge on any atom is 0.257 e. The van der Waals surface area contributed by atoms with Crippen LogP contribution in [0.15, 0.2) is 71.6 Å². The molecule has 0 amide bonds. The first-order valence-corrected chi connectivity index (χ1v) is 16.7. The highest BCUT2D eigenvalue weighted by molar-refractivity contribution is 7.91. The molecule has 2 bridgehead atoms. The summed E-state index contributed by atoms with van der Waals surface area (Å²) in [6.07, 6.45) is -0.328. The van der Waals surface area contributed by atoms with Gasteiger partial charge in [0.15, 0.2) is 9.84 Å². The van der Waals surface area contributed by atoms with E-state index < -0.39 is 15.3 Å². The highest BCUT2D eigenvalue weighted by atomic mass is 32.2. The molecular formula is C33H43BN3O4S+. The van der Waals surface area contributed by atoms with Crippen LogP contribution in [0, 0.1) is 5.41 Å². The van der Waals surface area contributed by atoms with Gasteiger partial charge < -0.3 is 19.2 Å². The van der Waals surface area contributed by atoms with Gasteiger partial charge in [0, 0.05) is 49.3 Å². The molecule has 7 nitrogen and oxygen atoms in total. The van der Waals surface area contributed by atoms with E-state index in [0.29, 0.717) is 11.5 Å². The molecule has 3 aromatic rings. The fourth-order valence-corrected chi connectivity index (χ4v) is 9.46. The number of ether oxygens (including phenoxy) is 1. The van der Waals surface area contributed by atoms with E-state index in [1.807, 2.05) is 57.3 Å². The number of nitrogens with zero attached hydrogens (tertiary/aromatic N) is 2. The van der Waals surface area contributed by atoms with Gasteiger partial charge in [-0.3, -0.25) is 4.90 Å². The van der Waals surface area contributed by atoms with E-state index in [0.717, 1.165) is 34.7 Å². The summed E-state index contributed by atoms with van der Waals surface area (Å²) in [4.78, 5) is 2.97. The Hall–Kier alpha value is -2.85. The van der Waals surface area contributed by atoms with Gasteiger partial charge in [-0.05, 0) is 47.0 Å². The number of hydrogen-bond donors (Lipinski definition) is 1. The third-order valence-corrected chi connectivity index (χ3v) is 11.9. The molecule has 1 N–H and O–H groups in total. The molecule has 0 spiro atoms. The van der Waals surface area contributed by atoms with Crippen LogP contribution in [0.5, 0.6) is 5.75 Å². The maximum absolute atomic E-state index is 13.5. The lowest BCUT2D eigenvalue weighted by molar-refractivity contribution is -0.953. The number of hydrogen-bond acceptors (Lipinski definition) is 6. The van der Waals surface area contributed by atoms with Gasteiger partial charge >= 0.3 is 0 Å². The Bertz CT molecular complexity index is 1500. The van der Waals surface area contributed by atoms with Crippen LogP contribution >= 0.6 is 0 Å². The molecule has 3 saturated heterocycles. The average Bonchev–Trinajstić information content (AvgIpc) is 3.06. The Morgan fingerprint density at radius 1 is 0.952 bits per heavy atom. The van der Waals surface area contributed by atoms with E-state index >= 15 is 0 Å². The van der Waals surface area contributed by atoms with Crippen molar-refractivity contribution in [1.29, 1.82) is 0 Å². The summed E-state index contributed by atoms with van der Waals surface area (Å²) in [7, 11) is 0.0305. The van der Waals surface area contributed by atoms with Gasteiger partial charge in [0.1, 0.15) is 18.9 Å². The predicted molar refractivity (Wildman–Crippen MR) is 169 cm³/mol. The van der Waals surface area contributed by atoms with Gasteiger partial charge in [-0.25, -0.2) is 8.42 Å². The van der Waals surface area contributed by atoms with E-state index in [1.54, 1.807) is 14.1 Å². The Labute approximate surface area is 251 Å². The molecule has 0 unspecified atom stereocenters. The van der Waals surface area contributed by atoms with Gasteiger partial charge in [-0.1, -0.05) is 50.2 Å². The summed E-state index contributed by atoms with van der Waals surface area (Å²) in [5, 5.41) is 3.16. The molecule has 9 heteroatoms. The van der Waals surface area contributed by atoms with Crippen molar-refractivity contribution in [2.45, 2.75) is 43.9 Å². The third-order valence-electron chi connectivity index (χ3n) is 9.71. The molecule has 42 heavy (non-hydrogen) atoms. The van der Waals surface area contributed by atoms with Crippen molar-refractivity contribution in [3.63, 3.8) is 0 Å². The van der Waals surface area contributed by atoms with Crippen molar-refractivity contribution in [2.24, 2.45) is 5.41 Å². The second-order valence-electron chi connectivity index (χ2n) is 13.1. The number of fused-ring (bicyclic) bond motifs is 4. The first kappa shape index (κ1) is 29.2. The lowest BCUT2D eigenvalue weighted by Crippen LogP contribution is -2.66. The fourth-order valence-electron chi connectivity index (χ4n) is 7.34. The SMILES string of the molecule is BO[C@@H]1[C@H](c2ccc(OCc3ccc(C[N+]45CCN(CC4)CC5)cc3)cc2)c2cc(NC)ccc2S(=O)(=O)CC1(C)C. The normalized spacial score (nSPS) is 27.5. The molecule has 3 aromatic carbocycles. The zero-order valence-electron chi connectivity index (χ0n) is 25.3. The van der Waals surface area contributed by atoms with Gasteiger partial charge in [0.05, 0.1) is 36.4 Å². The van der Waals surface area contributed by atoms with E-state index in [-0.39, 0.29) is 17.8 Å². The molecule has 2 atom stereocenters. The zero-order valence-corrected chi connectivity index (χ0v) is 26.1. The minimum Gasteiger partial charge on any atom is -0.489 e. The monoisotopic (exact) mass is 588 g/mol. The van der Waals surface area contributed by atoms with E-state index in [1.165, 1.54) is 49.3 Å². The van der Waals surface area contributed by atoms with Crippen molar-refractivity contribution < 1.29 is 22.3 Å². The number of benzene rings is 3. The van der Waals surface area contributed by atoms with Crippen molar-refractivity contribution >= 4 is 23.6 Å². The minimum atomic E-state index is -3.49. The highest BCUT2D eigenvalue weighted by Gasteiger charge is 2.45. The number of anilines is 1. The smallest absolute Gasteiger partial charge is 0.257 e. The summed E-state index contributed by atoms with van der Waals surface area (Å²) in [5.74, 6) is 0.562. The maximum atomic E-state index is 13.5. The number of piperazine rings is 3. The van der Waals surface area contributed by atoms with Crippen LogP contribution in [0.4, 0.5) is 5.69 Å². The van der Waals surface area contributed by atoms with Crippen LogP contribution < -0.4 is 10.1 Å². The topological polar surface area (TPSA) is 67.9 Å². The molecule has 4 heterocycles. The quantitative estimate of drug-likeness (QED) is 0.319. The second-order valence-corrected chi connectivity index (χ2v) is 15.0. The van der Waals surface area contributed by atoms with Crippen LogP contribution in [0.25, 0.3) is 0 Å². The van der Waals surface area contributed by atoms with E-state index in [4.69, 9.17) is 9.39 Å². The molecule has 0 radical (unpaired) electrons. The van der Waals surface area contributed by atoms with E-state index in [2.05, 4.69) is 34.5 Å². The number of rotatable bonds is 8. The molecule has 4 aliphatic heterocycles. The Morgan fingerprint density at radius 3 is 2.21 bits per heavy atom. The lowest BCUT2D eigenvalue weighted by atomic mass is 9.74. The average molecular weight is 589 g/mol. The second kappa shape index (κ2) is 11.3. The van der Waals surface area contributed by atoms with Crippen molar-refractivity contribution in [2.75, 3.05) is 57.4 Å². The van der Waals surface area contributed by atoms with Gasteiger partial charge in [0.2, 0.25) is 0 Å². The summed E-state index contributed by atoms with van der Waals surface area (Å²) >= 11 is 0. The van der Waals surface area contributed by atoms with Gasteiger partial charge in [0.25, 0.3) is 8.05 Å². The lowest BCUT2D eigenvalue weighted by Gasteiger charge is -2.50. The highest BCUT2D eigenvalue weighted by Crippen LogP contribution is 2.46. The summed E-state index contributed by atoms with van der Waals surface area (Å²) in [5.41, 5.74) is 4.60. The van der Waals surface area contributed by atoms with Crippen LogP contribution in [0.1, 0.15) is 42.0 Å². The fraction of sp³-hybridized carbons (Fsp3) is 0.455. The van der Waals surface area contributed by atoms with Crippen molar-refractivity contribution in [3.8, 4) is 5.75 Å². The Balaban J connectivity index is 1.19. The van der Waals surface area contributed by atoms with Crippen LogP contribution in [0.3, 0.4) is 0 Å². The Morgan fingerprint density at radius 2 is 1.60 bits per heavy atom. The van der Waals surface area contributed by atoms with Crippen LogP contribution in [-0.2, 0) is 27.6 Å². The van der Waals surface area contributed by atoms with Crippen LogP contribution in [0.2, 0.25) is 0 Å². The molecule has 0 aliphatic carbocycles. The first-order chi connectivity index (χ1) is 20.1. The summed E-state index contributed by atoms with van der Waals surface area (Å²) in [6.45, 7) is 13.1. The van der Waals surface area contributed by atoms with Gasteiger partial charge in [-0.2, -0.15) is 0 Å². The van der Waals surface area contributed by atoms with E-state index in [9.17, 15) is 8.42 Å². The first-order valence-electron chi connectivity index (χ1n) is 15.1. The third kappa shape index (κ3) is 5.72. The Kier molecular flexibility index (Phi) is 7.89.